The van der Waals surface area contributed by atoms with Crippen LogP contribution in [0, 0.1) is 12.8 Å². The number of likely N-dealkylation sites (tertiary alicyclic amines) is 1. The van der Waals surface area contributed by atoms with E-state index in [1.165, 1.54) is 50.8 Å². The number of fused-ring (bicyclic) bond motifs is 2. The van der Waals surface area contributed by atoms with E-state index in [9.17, 15) is 4.79 Å². The number of amides is 1. The molecule has 2 unspecified atom stereocenters. The molecule has 1 saturated carbocycles. The van der Waals surface area contributed by atoms with E-state index in [1.54, 1.807) is 6.08 Å². The summed E-state index contributed by atoms with van der Waals surface area (Å²) in [6, 6.07) is 2.93. The highest BCUT2D eigenvalue weighted by Gasteiger charge is 2.33. The first kappa shape index (κ1) is 21.2. The molecule has 1 saturated heterocycles. The second-order valence-electron chi connectivity index (χ2n) is 9.82. The fourth-order valence-electron chi connectivity index (χ4n) is 5.61. The molecule has 2 aromatic heterocycles. The van der Waals surface area contributed by atoms with Crippen LogP contribution in [0.3, 0.4) is 0 Å². The van der Waals surface area contributed by atoms with E-state index in [4.69, 9.17) is 5.10 Å². The number of hydrogen-bond acceptors (Lipinski definition) is 4. The van der Waals surface area contributed by atoms with Crippen molar-refractivity contribution in [2.45, 2.75) is 64.2 Å². The first-order chi connectivity index (χ1) is 16.1. The average Bonchev–Trinajstić information content (AvgIpc) is 3.22. The number of hydrogen-bond donors (Lipinski definition) is 0. The highest BCUT2D eigenvalue weighted by atomic mass is 31.1. The number of nitrogens with zero attached hydrogens (tertiary/aromatic N) is 5. The van der Waals surface area contributed by atoms with E-state index >= 15 is 0 Å². The molecule has 33 heavy (non-hydrogen) atoms. The zero-order chi connectivity index (χ0) is 22.5. The van der Waals surface area contributed by atoms with Gasteiger partial charge in [-0.1, -0.05) is 34.1 Å². The van der Waals surface area contributed by atoms with E-state index in [1.807, 2.05) is 22.5 Å². The number of aromatic nitrogens is 3. The molecular formula is C26H32N5OP. The summed E-state index contributed by atoms with van der Waals surface area (Å²) in [7, 11) is 0.494. The van der Waals surface area contributed by atoms with Crippen LogP contribution in [0.25, 0.3) is 10.8 Å². The van der Waals surface area contributed by atoms with E-state index in [0.29, 0.717) is 14.5 Å². The predicted molar refractivity (Wildman–Crippen MR) is 133 cm³/mol. The maximum atomic E-state index is 13.1. The van der Waals surface area contributed by atoms with Crippen LogP contribution in [0.5, 0.6) is 0 Å². The second-order valence-corrected chi connectivity index (χ2v) is 11.2. The van der Waals surface area contributed by atoms with Crippen molar-refractivity contribution in [3.63, 3.8) is 0 Å². The average molecular weight is 462 g/mol. The number of carbonyl (C=O) groups is 1. The number of carbonyl (C=O) groups excluding carboxylic acids is 1. The maximum Gasteiger partial charge on any atom is 0.252 e. The van der Waals surface area contributed by atoms with Crippen molar-refractivity contribution in [1.29, 1.82) is 0 Å². The topological polar surface area (TPSA) is 53.7 Å². The minimum atomic E-state index is 0.0737. The molecule has 0 aromatic carbocycles. The Balaban J connectivity index is 1.20. The van der Waals surface area contributed by atoms with Gasteiger partial charge in [0.05, 0.1) is 34.6 Å². The Labute approximate surface area is 197 Å². The van der Waals surface area contributed by atoms with Crippen LogP contribution in [0.2, 0.25) is 0 Å². The third kappa shape index (κ3) is 3.87. The Bertz CT molecular complexity index is 1180. The lowest BCUT2D eigenvalue weighted by molar-refractivity contribution is -0.123. The van der Waals surface area contributed by atoms with Crippen LogP contribution in [0.1, 0.15) is 56.1 Å². The summed E-state index contributed by atoms with van der Waals surface area (Å²) in [5.74, 6) is 0.748. The predicted octanol–water partition coefficient (Wildman–Crippen LogP) is 4.51. The fourth-order valence-corrected chi connectivity index (χ4v) is 6.94. The quantitative estimate of drug-likeness (QED) is 0.629. The Morgan fingerprint density at radius 1 is 1.18 bits per heavy atom. The summed E-state index contributed by atoms with van der Waals surface area (Å²) in [6.07, 6.45) is 17.9. The van der Waals surface area contributed by atoms with Crippen molar-refractivity contribution in [3.05, 3.63) is 59.3 Å². The Morgan fingerprint density at radius 2 is 2.00 bits per heavy atom. The molecule has 1 amide bonds. The second kappa shape index (κ2) is 8.48. The van der Waals surface area contributed by atoms with Gasteiger partial charge in [-0.25, -0.2) is 4.52 Å². The van der Waals surface area contributed by atoms with E-state index < -0.39 is 0 Å². The van der Waals surface area contributed by atoms with Gasteiger partial charge in [0.25, 0.3) is 5.91 Å². The van der Waals surface area contributed by atoms with Crippen LogP contribution in [-0.2, 0) is 11.2 Å². The van der Waals surface area contributed by atoms with Crippen LogP contribution in [0.15, 0.2) is 42.3 Å². The van der Waals surface area contributed by atoms with Crippen molar-refractivity contribution < 1.29 is 4.79 Å². The molecule has 2 atom stereocenters. The molecule has 6 rings (SSSR count). The van der Waals surface area contributed by atoms with Crippen molar-refractivity contribution in [1.82, 2.24) is 24.4 Å². The Kier molecular flexibility index (Phi) is 5.46. The molecule has 2 aromatic rings. The largest absolute Gasteiger partial charge is 0.304 e. The molecule has 3 aliphatic heterocycles. The SMILES string of the molecule is CCc1nc(C)cn2nc(C3=CC(=O)N4C=C(C5CCN(C6CCC6)CC5)C=CC4P3)cc12. The van der Waals surface area contributed by atoms with Gasteiger partial charge in [0.1, 0.15) is 0 Å². The molecule has 4 aliphatic rings. The highest BCUT2D eigenvalue weighted by molar-refractivity contribution is 7.51. The summed E-state index contributed by atoms with van der Waals surface area (Å²) >= 11 is 0. The summed E-state index contributed by atoms with van der Waals surface area (Å²) in [4.78, 5) is 22.4. The molecule has 1 aliphatic carbocycles. The molecule has 7 heteroatoms. The van der Waals surface area contributed by atoms with Gasteiger partial charge in [0.15, 0.2) is 0 Å². The number of aryl methyl sites for hydroxylation is 2. The zero-order valence-electron chi connectivity index (χ0n) is 19.5. The summed E-state index contributed by atoms with van der Waals surface area (Å²) < 4.78 is 1.92. The van der Waals surface area contributed by atoms with Crippen LogP contribution in [-0.4, -0.2) is 55.2 Å². The lowest BCUT2D eigenvalue weighted by Gasteiger charge is -2.42. The van der Waals surface area contributed by atoms with E-state index in [-0.39, 0.29) is 11.7 Å². The maximum absolute atomic E-state index is 13.1. The van der Waals surface area contributed by atoms with Crippen LogP contribution in [0.4, 0.5) is 0 Å². The monoisotopic (exact) mass is 461 g/mol. The third-order valence-corrected chi connectivity index (χ3v) is 9.22. The fraction of sp³-hybridized carbons (Fsp3) is 0.500. The summed E-state index contributed by atoms with van der Waals surface area (Å²) in [6.45, 7) is 6.51. The van der Waals surface area contributed by atoms with E-state index in [2.05, 4.69) is 41.2 Å². The first-order valence-electron chi connectivity index (χ1n) is 12.4. The van der Waals surface area contributed by atoms with Gasteiger partial charge >= 0.3 is 0 Å². The van der Waals surface area contributed by atoms with Crippen molar-refractivity contribution >= 4 is 25.3 Å². The Hall–Kier alpha value is -2.30. The van der Waals surface area contributed by atoms with Gasteiger partial charge in [-0.15, -0.1) is 0 Å². The number of rotatable bonds is 4. The normalized spacial score (nSPS) is 25.3. The van der Waals surface area contributed by atoms with Gasteiger partial charge in [0.2, 0.25) is 0 Å². The molecule has 6 nitrogen and oxygen atoms in total. The first-order valence-corrected chi connectivity index (χ1v) is 13.5. The number of piperidine rings is 1. The highest BCUT2D eigenvalue weighted by Crippen LogP contribution is 2.45. The molecule has 172 valence electrons. The van der Waals surface area contributed by atoms with Crippen molar-refractivity contribution in [3.8, 4) is 0 Å². The minimum absolute atomic E-state index is 0.0737. The molecule has 0 N–H and O–H groups in total. The summed E-state index contributed by atoms with van der Waals surface area (Å²) in [5.41, 5.74) is 5.28. The van der Waals surface area contributed by atoms with Crippen molar-refractivity contribution in [2.75, 3.05) is 13.1 Å². The van der Waals surface area contributed by atoms with Gasteiger partial charge in [-0.3, -0.25) is 9.78 Å². The van der Waals surface area contributed by atoms with Gasteiger partial charge < -0.3 is 9.80 Å². The standard InChI is InChI=1S/C26H32N5OP/c1-3-21-23-13-22(28-31(23)15-17(2)27-21)24-14-25(32)30-16-19(7-8-26(30)33-24)18-9-11-29(12-10-18)20-5-4-6-20/h7-8,13-16,18,20,26,33H,3-6,9-12H2,1-2H3. The summed E-state index contributed by atoms with van der Waals surface area (Å²) in [5, 5.41) is 5.84. The minimum Gasteiger partial charge on any atom is -0.304 e. The molecule has 0 spiro atoms. The Morgan fingerprint density at radius 3 is 2.73 bits per heavy atom. The van der Waals surface area contributed by atoms with Crippen LogP contribution >= 0.6 is 8.58 Å². The smallest absolute Gasteiger partial charge is 0.252 e. The van der Waals surface area contributed by atoms with E-state index in [0.717, 1.165) is 40.4 Å². The molecule has 2 fully saturated rings. The number of allylic oxidation sites excluding steroid dienone is 2. The zero-order valence-corrected chi connectivity index (χ0v) is 20.5. The van der Waals surface area contributed by atoms with Gasteiger partial charge in [-0.05, 0) is 69.7 Å². The third-order valence-electron chi connectivity index (χ3n) is 7.74. The molecule has 5 heterocycles. The molecular weight excluding hydrogens is 429 g/mol. The lowest BCUT2D eigenvalue weighted by Crippen LogP contribution is -2.45. The van der Waals surface area contributed by atoms with Crippen molar-refractivity contribution in [2.24, 2.45) is 5.92 Å². The molecule has 0 radical (unpaired) electrons. The van der Waals surface area contributed by atoms with Gasteiger partial charge in [-0.2, -0.15) is 5.10 Å². The molecule has 0 bridgehead atoms. The van der Waals surface area contributed by atoms with Crippen LogP contribution < -0.4 is 0 Å². The lowest BCUT2D eigenvalue weighted by atomic mass is 9.84. The van der Waals surface area contributed by atoms with Gasteiger partial charge in [0, 0.05) is 23.6 Å².